The molecule has 0 spiro atoms. The fraction of sp³-hybridized carbons (Fsp3) is 0.462. The lowest BCUT2D eigenvalue weighted by Crippen LogP contribution is -2.34. The molecule has 96 valence electrons. The molecule has 1 N–H and O–H groups in total. The van der Waals surface area contributed by atoms with Gasteiger partial charge in [-0.2, -0.15) is 5.26 Å². The van der Waals surface area contributed by atoms with Gasteiger partial charge in [0.05, 0.1) is 23.8 Å². The van der Waals surface area contributed by atoms with E-state index in [1.165, 1.54) is 0 Å². The Balaban J connectivity index is 2.23. The third kappa shape index (κ3) is 2.87. The Kier molecular flexibility index (Phi) is 4.29. The first-order valence-electron chi connectivity index (χ1n) is 5.89. The molecule has 0 atom stereocenters. The van der Waals surface area contributed by atoms with Crippen LogP contribution in [0, 0.1) is 11.3 Å². The van der Waals surface area contributed by atoms with Crippen molar-refractivity contribution in [2.24, 2.45) is 0 Å². The van der Waals surface area contributed by atoms with Crippen LogP contribution in [-0.2, 0) is 0 Å². The molecule has 1 heterocycles. The minimum Gasteiger partial charge on any atom is -0.493 e. The molecular formula is C13H15ClN2O2. The van der Waals surface area contributed by atoms with Crippen LogP contribution in [0.2, 0.25) is 5.02 Å². The molecule has 5 heteroatoms. The van der Waals surface area contributed by atoms with Gasteiger partial charge in [-0.05, 0) is 32.0 Å². The molecule has 1 saturated heterocycles. The summed E-state index contributed by atoms with van der Waals surface area (Å²) in [6, 6.07) is 5.28. The summed E-state index contributed by atoms with van der Waals surface area (Å²) < 4.78 is 11.1. The van der Waals surface area contributed by atoms with E-state index in [0.29, 0.717) is 22.1 Å². The summed E-state index contributed by atoms with van der Waals surface area (Å²) in [6.07, 6.45) is 2.03. The molecule has 1 aromatic carbocycles. The highest BCUT2D eigenvalue weighted by molar-refractivity contribution is 6.32. The Morgan fingerprint density at radius 1 is 1.39 bits per heavy atom. The van der Waals surface area contributed by atoms with Crippen LogP contribution in [0.1, 0.15) is 18.4 Å². The van der Waals surface area contributed by atoms with E-state index in [4.69, 9.17) is 26.3 Å². The average Bonchev–Trinajstić information content (AvgIpc) is 2.42. The highest BCUT2D eigenvalue weighted by Gasteiger charge is 2.19. The summed E-state index contributed by atoms with van der Waals surface area (Å²) in [7, 11) is 1.54. The zero-order chi connectivity index (χ0) is 13.0. The van der Waals surface area contributed by atoms with E-state index in [1.807, 2.05) is 6.07 Å². The summed E-state index contributed by atoms with van der Waals surface area (Å²) in [5.41, 5.74) is 0.467. The largest absolute Gasteiger partial charge is 0.493 e. The van der Waals surface area contributed by atoms with Gasteiger partial charge in [-0.3, -0.25) is 0 Å². The summed E-state index contributed by atoms with van der Waals surface area (Å²) in [5.74, 6) is 1.04. The lowest BCUT2D eigenvalue weighted by Gasteiger charge is -2.25. The first-order chi connectivity index (χ1) is 8.74. The quantitative estimate of drug-likeness (QED) is 0.912. The summed E-state index contributed by atoms with van der Waals surface area (Å²) in [4.78, 5) is 0. The lowest BCUT2D eigenvalue weighted by atomic mass is 10.1. The van der Waals surface area contributed by atoms with E-state index in [-0.39, 0.29) is 6.10 Å². The highest BCUT2D eigenvalue weighted by Crippen LogP contribution is 2.37. The van der Waals surface area contributed by atoms with E-state index in [2.05, 4.69) is 5.32 Å². The molecule has 0 aromatic heterocycles. The lowest BCUT2D eigenvalue weighted by molar-refractivity contribution is 0.157. The van der Waals surface area contributed by atoms with Crippen molar-refractivity contribution in [1.29, 1.82) is 5.26 Å². The Hall–Kier alpha value is -1.44. The van der Waals surface area contributed by atoms with Crippen molar-refractivity contribution < 1.29 is 9.47 Å². The second-order valence-corrected chi connectivity index (χ2v) is 4.58. The Bertz CT molecular complexity index is 465. The SMILES string of the molecule is COc1cc(C#N)cc(Cl)c1OC1CCNCC1. The van der Waals surface area contributed by atoms with Gasteiger partial charge < -0.3 is 14.8 Å². The van der Waals surface area contributed by atoms with Gasteiger partial charge in [-0.25, -0.2) is 0 Å². The number of hydrogen-bond acceptors (Lipinski definition) is 4. The number of halogens is 1. The fourth-order valence-corrected chi connectivity index (χ4v) is 2.23. The van der Waals surface area contributed by atoms with Gasteiger partial charge in [0, 0.05) is 6.07 Å². The Labute approximate surface area is 111 Å². The van der Waals surface area contributed by atoms with Crippen LogP contribution in [0.5, 0.6) is 11.5 Å². The van der Waals surface area contributed by atoms with Gasteiger partial charge in [0.2, 0.25) is 0 Å². The van der Waals surface area contributed by atoms with Crippen molar-refractivity contribution in [3.05, 3.63) is 22.7 Å². The van der Waals surface area contributed by atoms with E-state index >= 15 is 0 Å². The molecule has 0 aliphatic carbocycles. The molecule has 0 radical (unpaired) electrons. The van der Waals surface area contributed by atoms with Gasteiger partial charge in [-0.1, -0.05) is 11.6 Å². The Morgan fingerprint density at radius 3 is 2.72 bits per heavy atom. The summed E-state index contributed by atoms with van der Waals surface area (Å²) in [5, 5.41) is 12.6. The number of nitrogens with zero attached hydrogens (tertiary/aromatic N) is 1. The van der Waals surface area contributed by atoms with Crippen LogP contribution in [-0.4, -0.2) is 26.3 Å². The maximum atomic E-state index is 8.88. The monoisotopic (exact) mass is 266 g/mol. The van der Waals surface area contributed by atoms with E-state index in [1.54, 1.807) is 19.2 Å². The summed E-state index contributed by atoms with van der Waals surface area (Å²) >= 11 is 6.14. The number of benzene rings is 1. The number of nitrogens with one attached hydrogen (secondary N) is 1. The first kappa shape index (κ1) is 13.0. The molecule has 2 rings (SSSR count). The highest BCUT2D eigenvalue weighted by atomic mass is 35.5. The molecule has 0 saturated carbocycles. The van der Waals surface area contributed by atoms with Crippen molar-refractivity contribution >= 4 is 11.6 Å². The van der Waals surface area contributed by atoms with Crippen LogP contribution in [0.4, 0.5) is 0 Å². The molecule has 0 unspecified atom stereocenters. The first-order valence-corrected chi connectivity index (χ1v) is 6.27. The van der Waals surface area contributed by atoms with Crippen molar-refractivity contribution in [2.75, 3.05) is 20.2 Å². The number of nitriles is 1. The molecule has 1 aliphatic rings. The van der Waals surface area contributed by atoms with Crippen molar-refractivity contribution in [2.45, 2.75) is 18.9 Å². The molecular weight excluding hydrogens is 252 g/mol. The van der Waals surface area contributed by atoms with Crippen molar-refractivity contribution in [3.8, 4) is 17.6 Å². The van der Waals surface area contributed by atoms with Crippen LogP contribution in [0.25, 0.3) is 0 Å². The second-order valence-electron chi connectivity index (χ2n) is 4.17. The molecule has 1 aromatic rings. The number of rotatable bonds is 3. The standard InChI is InChI=1S/C13H15ClN2O2/c1-17-12-7-9(8-15)6-11(14)13(12)18-10-2-4-16-5-3-10/h6-7,10,16H,2-5H2,1H3. The smallest absolute Gasteiger partial charge is 0.180 e. The molecule has 1 aliphatic heterocycles. The van der Waals surface area contributed by atoms with E-state index < -0.39 is 0 Å². The third-order valence-electron chi connectivity index (χ3n) is 2.93. The molecule has 1 fully saturated rings. The minimum atomic E-state index is 0.144. The van der Waals surface area contributed by atoms with Gasteiger partial charge in [-0.15, -0.1) is 0 Å². The molecule has 0 amide bonds. The van der Waals surface area contributed by atoms with E-state index in [0.717, 1.165) is 25.9 Å². The minimum absolute atomic E-state index is 0.144. The van der Waals surface area contributed by atoms with E-state index in [9.17, 15) is 0 Å². The fourth-order valence-electron chi connectivity index (χ4n) is 1.98. The predicted molar refractivity (Wildman–Crippen MR) is 69.2 cm³/mol. The van der Waals surface area contributed by atoms with Crippen LogP contribution < -0.4 is 14.8 Å². The number of hydrogen-bond donors (Lipinski definition) is 1. The maximum absolute atomic E-state index is 8.88. The number of ether oxygens (including phenoxy) is 2. The molecule has 0 bridgehead atoms. The molecule has 4 nitrogen and oxygen atoms in total. The van der Waals surface area contributed by atoms with Crippen LogP contribution in [0.15, 0.2) is 12.1 Å². The zero-order valence-electron chi connectivity index (χ0n) is 10.2. The number of piperidine rings is 1. The molecule has 18 heavy (non-hydrogen) atoms. The predicted octanol–water partition coefficient (Wildman–Crippen LogP) is 2.35. The van der Waals surface area contributed by atoms with Gasteiger partial charge in [0.15, 0.2) is 11.5 Å². The van der Waals surface area contributed by atoms with Crippen molar-refractivity contribution in [3.63, 3.8) is 0 Å². The zero-order valence-corrected chi connectivity index (χ0v) is 11.0. The third-order valence-corrected chi connectivity index (χ3v) is 3.21. The van der Waals surface area contributed by atoms with Crippen LogP contribution in [0.3, 0.4) is 0 Å². The second kappa shape index (κ2) is 5.94. The average molecular weight is 267 g/mol. The maximum Gasteiger partial charge on any atom is 0.180 e. The van der Waals surface area contributed by atoms with Gasteiger partial charge in [0.1, 0.15) is 6.10 Å². The van der Waals surface area contributed by atoms with Crippen LogP contribution >= 0.6 is 11.6 Å². The summed E-state index contributed by atoms with van der Waals surface area (Å²) in [6.45, 7) is 1.89. The van der Waals surface area contributed by atoms with Crippen molar-refractivity contribution in [1.82, 2.24) is 5.32 Å². The number of methoxy groups -OCH3 is 1. The topological polar surface area (TPSA) is 54.3 Å². The van der Waals surface area contributed by atoms with Gasteiger partial charge >= 0.3 is 0 Å². The normalized spacial score (nSPS) is 16.1. The Morgan fingerprint density at radius 2 is 2.11 bits per heavy atom. The van der Waals surface area contributed by atoms with Gasteiger partial charge in [0.25, 0.3) is 0 Å².